The van der Waals surface area contributed by atoms with Crippen LogP contribution in [-0.4, -0.2) is 36.3 Å². The third-order valence-corrected chi connectivity index (χ3v) is 5.57. The zero-order chi connectivity index (χ0) is 17.5. The van der Waals surface area contributed by atoms with E-state index >= 15 is 0 Å². The predicted octanol–water partition coefficient (Wildman–Crippen LogP) is 3.35. The van der Waals surface area contributed by atoms with E-state index in [0.29, 0.717) is 23.8 Å². The number of carbonyl (C=O) groups excluding carboxylic acids is 2. The Balaban J connectivity index is 1.36. The van der Waals surface area contributed by atoms with Gasteiger partial charge >= 0.3 is 0 Å². The number of nitrogens with zero attached hydrogens (tertiary/aromatic N) is 1. The van der Waals surface area contributed by atoms with Crippen LogP contribution >= 0.6 is 11.3 Å². The Labute approximate surface area is 152 Å². The number of likely N-dealkylation sites (tertiary alicyclic amines) is 1. The third-order valence-electron chi connectivity index (χ3n) is 4.70. The van der Waals surface area contributed by atoms with Gasteiger partial charge in [0, 0.05) is 26.1 Å². The second-order valence-electron chi connectivity index (χ2n) is 6.50. The highest BCUT2D eigenvalue weighted by Gasteiger charge is 2.22. The Kier molecular flexibility index (Phi) is 6.23. The number of thiophene rings is 1. The second-order valence-corrected chi connectivity index (χ2v) is 7.44. The van der Waals surface area contributed by atoms with Gasteiger partial charge in [-0.2, -0.15) is 0 Å². The van der Waals surface area contributed by atoms with E-state index in [2.05, 4.69) is 29.6 Å². The van der Waals surface area contributed by atoms with Crippen LogP contribution in [0.1, 0.15) is 34.5 Å². The largest absolute Gasteiger partial charge is 0.351 e. The average Bonchev–Trinajstić information content (AvgIpc) is 3.18. The molecule has 1 saturated heterocycles. The molecule has 0 saturated carbocycles. The molecule has 2 aromatic rings. The normalized spacial score (nSPS) is 15.1. The summed E-state index contributed by atoms with van der Waals surface area (Å²) in [5.74, 6) is 0.707. The standard InChI is InChI=1S/C20H24N2O2S/c23-19(8-11-21-20(24)18-7-4-14-25-18)22-12-9-17(10-13-22)15-16-5-2-1-3-6-16/h1-7,14,17H,8-13,15H2,(H,21,24). The molecule has 132 valence electrons. The highest BCUT2D eigenvalue weighted by atomic mass is 32.1. The zero-order valence-corrected chi connectivity index (χ0v) is 15.1. The number of hydrogen-bond donors (Lipinski definition) is 1. The molecule has 0 radical (unpaired) electrons. The van der Waals surface area contributed by atoms with Gasteiger partial charge in [-0.05, 0) is 42.2 Å². The number of hydrogen-bond acceptors (Lipinski definition) is 3. The molecular weight excluding hydrogens is 332 g/mol. The lowest BCUT2D eigenvalue weighted by Crippen LogP contribution is -2.40. The summed E-state index contributed by atoms with van der Waals surface area (Å²) in [6, 6.07) is 14.2. The Morgan fingerprint density at radius 1 is 1.08 bits per heavy atom. The Morgan fingerprint density at radius 3 is 2.52 bits per heavy atom. The van der Waals surface area contributed by atoms with Crippen molar-refractivity contribution >= 4 is 23.2 Å². The minimum Gasteiger partial charge on any atom is -0.351 e. The molecule has 5 heteroatoms. The number of benzene rings is 1. The second kappa shape index (κ2) is 8.81. The van der Waals surface area contributed by atoms with Crippen LogP contribution in [0.5, 0.6) is 0 Å². The van der Waals surface area contributed by atoms with Crippen LogP contribution < -0.4 is 5.32 Å². The molecule has 0 atom stereocenters. The number of amides is 2. The molecule has 1 aliphatic rings. The quantitative estimate of drug-likeness (QED) is 0.863. The molecule has 1 aromatic carbocycles. The maximum absolute atomic E-state index is 12.3. The molecule has 4 nitrogen and oxygen atoms in total. The Hall–Kier alpha value is -2.14. The molecule has 25 heavy (non-hydrogen) atoms. The van der Waals surface area contributed by atoms with Crippen LogP contribution in [0.15, 0.2) is 47.8 Å². The minimum absolute atomic E-state index is 0.0932. The van der Waals surface area contributed by atoms with Crippen LogP contribution in [-0.2, 0) is 11.2 Å². The lowest BCUT2D eigenvalue weighted by molar-refractivity contribution is -0.132. The van der Waals surface area contributed by atoms with E-state index in [-0.39, 0.29) is 11.8 Å². The predicted molar refractivity (Wildman–Crippen MR) is 101 cm³/mol. The number of nitrogens with one attached hydrogen (secondary N) is 1. The molecule has 0 spiro atoms. The molecule has 1 N–H and O–H groups in total. The van der Waals surface area contributed by atoms with Crippen LogP contribution in [0.4, 0.5) is 0 Å². The van der Waals surface area contributed by atoms with Gasteiger partial charge in [0.25, 0.3) is 5.91 Å². The van der Waals surface area contributed by atoms with Gasteiger partial charge in [-0.1, -0.05) is 36.4 Å². The summed E-state index contributed by atoms with van der Waals surface area (Å²) in [7, 11) is 0. The Bertz CT molecular complexity index is 677. The SMILES string of the molecule is O=C(NCCC(=O)N1CCC(Cc2ccccc2)CC1)c1cccs1. The van der Waals surface area contributed by atoms with Gasteiger partial charge in [0.05, 0.1) is 4.88 Å². The molecule has 0 bridgehead atoms. The molecule has 1 aromatic heterocycles. The Morgan fingerprint density at radius 2 is 1.84 bits per heavy atom. The van der Waals surface area contributed by atoms with Crippen molar-refractivity contribution < 1.29 is 9.59 Å². The van der Waals surface area contributed by atoms with Crippen molar-refractivity contribution in [3.63, 3.8) is 0 Å². The number of piperidine rings is 1. The summed E-state index contributed by atoms with van der Waals surface area (Å²) >= 11 is 1.41. The van der Waals surface area contributed by atoms with Crippen LogP contribution in [0.3, 0.4) is 0 Å². The van der Waals surface area contributed by atoms with E-state index in [9.17, 15) is 9.59 Å². The van der Waals surface area contributed by atoms with Crippen molar-refractivity contribution in [2.75, 3.05) is 19.6 Å². The first-order valence-electron chi connectivity index (χ1n) is 8.86. The average molecular weight is 356 g/mol. The highest BCUT2D eigenvalue weighted by molar-refractivity contribution is 7.12. The number of carbonyl (C=O) groups is 2. The van der Waals surface area contributed by atoms with Gasteiger partial charge in [-0.15, -0.1) is 11.3 Å². The molecule has 2 amide bonds. The summed E-state index contributed by atoms with van der Waals surface area (Å²) in [5.41, 5.74) is 1.38. The van der Waals surface area contributed by atoms with Crippen molar-refractivity contribution in [3.05, 3.63) is 58.3 Å². The van der Waals surface area contributed by atoms with Gasteiger partial charge in [-0.3, -0.25) is 9.59 Å². The fraction of sp³-hybridized carbons (Fsp3) is 0.400. The smallest absolute Gasteiger partial charge is 0.261 e. The van der Waals surface area contributed by atoms with Crippen LogP contribution in [0.2, 0.25) is 0 Å². The van der Waals surface area contributed by atoms with E-state index in [1.165, 1.54) is 16.9 Å². The van der Waals surface area contributed by atoms with Gasteiger partial charge < -0.3 is 10.2 Å². The summed E-state index contributed by atoms with van der Waals surface area (Å²) < 4.78 is 0. The lowest BCUT2D eigenvalue weighted by Gasteiger charge is -2.32. The first kappa shape index (κ1) is 17.7. The van der Waals surface area contributed by atoms with Gasteiger partial charge in [0.2, 0.25) is 5.91 Å². The van der Waals surface area contributed by atoms with Crippen LogP contribution in [0, 0.1) is 5.92 Å². The monoisotopic (exact) mass is 356 g/mol. The molecular formula is C20H24N2O2S. The maximum Gasteiger partial charge on any atom is 0.261 e. The third kappa shape index (κ3) is 5.16. The zero-order valence-electron chi connectivity index (χ0n) is 14.3. The van der Waals surface area contributed by atoms with E-state index in [0.717, 1.165) is 32.4 Å². The lowest BCUT2D eigenvalue weighted by atomic mass is 9.90. The summed E-state index contributed by atoms with van der Waals surface area (Å²) in [6.45, 7) is 2.06. The summed E-state index contributed by atoms with van der Waals surface area (Å²) in [5, 5.41) is 4.70. The molecule has 2 heterocycles. The first-order valence-corrected chi connectivity index (χ1v) is 9.74. The molecule has 0 unspecified atom stereocenters. The molecule has 1 fully saturated rings. The number of rotatable bonds is 6. The first-order chi connectivity index (χ1) is 12.2. The fourth-order valence-corrected chi connectivity index (χ4v) is 3.91. The van der Waals surface area contributed by atoms with Gasteiger partial charge in [-0.25, -0.2) is 0 Å². The van der Waals surface area contributed by atoms with E-state index in [4.69, 9.17) is 0 Å². The van der Waals surface area contributed by atoms with Crippen LogP contribution in [0.25, 0.3) is 0 Å². The van der Waals surface area contributed by atoms with E-state index in [1.807, 2.05) is 22.4 Å². The maximum atomic E-state index is 12.3. The fourth-order valence-electron chi connectivity index (χ4n) is 3.27. The van der Waals surface area contributed by atoms with Crippen molar-refractivity contribution in [2.45, 2.75) is 25.7 Å². The van der Waals surface area contributed by atoms with E-state index < -0.39 is 0 Å². The topological polar surface area (TPSA) is 49.4 Å². The van der Waals surface area contributed by atoms with E-state index in [1.54, 1.807) is 6.07 Å². The van der Waals surface area contributed by atoms with Crippen molar-refractivity contribution in [3.8, 4) is 0 Å². The minimum atomic E-state index is -0.0932. The summed E-state index contributed by atoms with van der Waals surface area (Å²) in [6.07, 6.45) is 3.59. The van der Waals surface area contributed by atoms with Gasteiger partial charge in [0.1, 0.15) is 0 Å². The molecule has 3 rings (SSSR count). The van der Waals surface area contributed by atoms with Gasteiger partial charge in [0.15, 0.2) is 0 Å². The summed E-state index contributed by atoms with van der Waals surface area (Å²) in [4.78, 5) is 26.8. The van der Waals surface area contributed by atoms with Crippen molar-refractivity contribution in [1.82, 2.24) is 10.2 Å². The molecule has 0 aliphatic carbocycles. The highest BCUT2D eigenvalue weighted by Crippen LogP contribution is 2.22. The molecule has 1 aliphatic heterocycles. The van der Waals surface area contributed by atoms with Crippen molar-refractivity contribution in [1.29, 1.82) is 0 Å². The van der Waals surface area contributed by atoms with Crippen molar-refractivity contribution in [2.24, 2.45) is 5.92 Å².